The summed E-state index contributed by atoms with van der Waals surface area (Å²) in [5.74, 6) is 0.707. The van der Waals surface area contributed by atoms with Gasteiger partial charge in [0.1, 0.15) is 0 Å². The predicted octanol–water partition coefficient (Wildman–Crippen LogP) is 2.79. The Morgan fingerprint density at radius 1 is 1.21 bits per heavy atom. The first-order chi connectivity index (χ1) is 11.0. The number of hydrogen-bond acceptors (Lipinski definition) is 2. The minimum Gasteiger partial charge on any atom is -0.354 e. The van der Waals surface area contributed by atoms with Gasteiger partial charge in [0.2, 0.25) is 5.91 Å². The lowest BCUT2D eigenvalue weighted by atomic mass is 10.1. The first-order valence-corrected chi connectivity index (χ1v) is 8.29. The van der Waals surface area contributed by atoms with Crippen LogP contribution in [-0.2, 0) is 17.8 Å². The molecule has 5 nitrogen and oxygen atoms in total. The molecule has 6 heteroatoms. The van der Waals surface area contributed by atoms with Gasteiger partial charge in [-0.1, -0.05) is 38.1 Å². The Balaban J connectivity index is 0.00000529. The van der Waals surface area contributed by atoms with Crippen LogP contribution in [0.1, 0.15) is 38.3 Å². The van der Waals surface area contributed by atoms with Gasteiger partial charge in [-0.2, -0.15) is 0 Å². The summed E-state index contributed by atoms with van der Waals surface area (Å²) in [6.45, 7) is 7.21. The van der Waals surface area contributed by atoms with E-state index in [9.17, 15) is 4.79 Å². The second-order valence-corrected chi connectivity index (χ2v) is 5.88. The van der Waals surface area contributed by atoms with E-state index in [-0.39, 0.29) is 36.4 Å². The van der Waals surface area contributed by atoms with Crippen molar-refractivity contribution >= 4 is 35.8 Å². The van der Waals surface area contributed by atoms with E-state index < -0.39 is 0 Å². The molecule has 24 heavy (non-hydrogen) atoms. The molecule has 0 aliphatic rings. The summed E-state index contributed by atoms with van der Waals surface area (Å²) in [6.07, 6.45) is 1.99. The van der Waals surface area contributed by atoms with E-state index in [1.54, 1.807) is 19.0 Å². The van der Waals surface area contributed by atoms with Crippen molar-refractivity contribution in [3.8, 4) is 0 Å². The number of carbonyl (C=O) groups is 1. The van der Waals surface area contributed by atoms with Gasteiger partial charge in [-0.05, 0) is 30.9 Å². The van der Waals surface area contributed by atoms with Crippen LogP contribution in [0.5, 0.6) is 0 Å². The number of guanidine groups is 1. The summed E-state index contributed by atoms with van der Waals surface area (Å²) in [5.41, 5.74) is 2.53. The zero-order chi connectivity index (χ0) is 17.2. The molecular formula is C18H31IN4O. The number of aryl methyl sites for hydroxylation is 1. The molecule has 0 aromatic heterocycles. The average Bonchev–Trinajstić information content (AvgIpc) is 2.56. The largest absolute Gasteiger partial charge is 0.354 e. The van der Waals surface area contributed by atoms with Gasteiger partial charge in [-0.25, -0.2) is 4.99 Å². The molecule has 0 fully saturated rings. The smallest absolute Gasteiger partial charge is 0.241 e. The quantitative estimate of drug-likeness (QED) is 0.385. The van der Waals surface area contributed by atoms with Crippen LogP contribution in [-0.4, -0.2) is 43.4 Å². The third-order valence-corrected chi connectivity index (χ3v) is 3.81. The summed E-state index contributed by atoms with van der Waals surface area (Å²) in [6, 6.07) is 8.63. The van der Waals surface area contributed by atoms with Crippen LogP contribution in [0.2, 0.25) is 0 Å². The molecule has 0 heterocycles. The van der Waals surface area contributed by atoms with Crippen molar-refractivity contribution in [1.82, 2.24) is 15.5 Å². The zero-order valence-electron chi connectivity index (χ0n) is 15.4. The lowest BCUT2D eigenvalue weighted by Crippen LogP contribution is -2.45. The molecular weight excluding hydrogens is 415 g/mol. The summed E-state index contributed by atoms with van der Waals surface area (Å²) < 4.78 is 0. The highest BCUT2D eigenvalue weighted by Crippen LogP contribution is 2.10. The Morgan fingerprint density at radius 3 is 2.38 bits per heavy atom. The molecule has 1 rings (SSSR count). The second-order valence-electron chi connectivity index (χ2n) is 5.88. The highest BCUT2D eigenvalue weighted by molar-refractivity contribution is 14.0. The molecule has 2 N–H and O–H groups in total. The van der Waals surface area contributed by atoms with Crippen LogP contribution in [0.3, 0.4) is 0 Å². The first-order valence-electron chi connectivity index (χ1n) is 8.29. The summed E-state index contributed by atoms with van der Waals surface area (Å²) in [4.78, 5) is 18.0. The molecule has 1 aromatic rings. The van der Waals surface area contributed by atoms with E-state index >= 15 is 0 Å². The van der Waals surface area contributed by atoms with E-state index in [1.165, 1.54) is 11.1 Å². The Bertz CT molecular complexity index is 532. The van der Waals surface area contributed by atoms with Crippen molar-refractivity contribution in [3.05, 3.63) is 35.4 Å². The second kappa shape index (κ2) is 12.1. The van der Waals surface area contributed by atoms with Crippen LogP contribution in [0, 0.1) is 0 Å². The summed E-state index contributed by atoms with van der Waals surface area (Å²) in [5, 5.41) is 6.46. The SMILES string of the molecule is CCc1ccccc1CN=C(NCC(=O)N(C)C)NC(C)CC.I. The normalized spacial score (nSPS) is 12.1. The fourth-order valence-corrected chi connectivity index (χ4v) is 2.03. The number of benzene rings is 1. The predicted molar refractivity (Wildman–Crippen MR) is 112 cm³/mol. The third-order valence-electron chi connectivity index (χ3n) is 3.81. The van der Waals surface area contributed by atoms with E-state index in [2.05, 4.69) is 54.6 Å². The third kappa shape index (κ3) is 7.99. The molecule has 1 amide bonds. The highest BCUT2D eigenvalue weighted by Gasteiger charge is 2.08. The Morgan fingerprint density at radius 2 is 1.83 bits per heavy atom. The molecule has 1 atom stereocenters. The molecule has 136 valence electrons. The monoisotopic (exact) mass is 446 g/mol. The number of nitrogens with zero attached hydrogens (tertiary/aromatic N) is 2. The summed E-state index contributed by atoms with van der Waals surface area (Å²) >= 11 is 0. The molecule has 0 spiro atoms. The molecule has 0 aliphatic carbocycles. The van der Waals surface area contributed by atoms with Gasteiger partial charge < -0.3 is 15.5 Å². The van der Waals surface area contributed by atoms with Crippen molar-refractivity contribution in [2.24, 2.45) is 4.99 Å². The molecule has 0 bridgehead atoms. The minimum absolute atomic E-state index is 0. The Kier molecular flexibility index (Phi) is 11.4. The molecule has 0 radical (unpaired) electrons. The van der Waals surface area contributed by atoms with Crippen molar-refractivity contribution in [2.45, 2.75) is 46.2 Å². The van der Waals surface area contributed by atoms with Crippen LogP contribution in [0.4, 0.5) is 0 Å². The van der Waals surface area contributed by atoms with Gasteiger partial charge in [0, 0.05) is 20.1 Å². The van der Waals surface area contributed by atoms with Crippen LogP contribution in [0.15, 0.2) is 29.3 Å². The van der Waals surface area contributed by atoms with Crippen LogP contribution < -0.4 is 10.6 Å². The summed E-state index contributed by atoms with van der Waals surface area (Å²) in [7, 11) is 3.50. The Hall–Kier alpha value is -1.31. The number of halogens is 1. The van der Waals surface area contributed by atoms with Crippen LogP contribution >= 0.6 is 24.0 Å². The first kappa shape index (κ1) is 22.7. The number of rotatable bonds is 7. The van der Waals surface area contributed by atoms with Crippen molar-refractivity contribution in [2.75, 3.05) is 20.6 Å². The average molecular weight is 446 g/mol. The molecule has 1 aromatic carbocycles. The van der Waals surface area contributed by atoms with Crippen molar-refractivity contribution in [3.63, 3.8) is 0 Å². The molecule has 0 saturated heterocycles. The number of carbonyl (C=O) groups excluding carboxylic acids is 1. The van der Waals surface area contributed by atoms with Gasteiger partial charge >= 0.3 is 0 Å². The number of likely N-dealkylation sites (N-methyl/N-ethyl adjacent to an activating group) is 1. The standard InChI is InChI=1S/C18H30N4O.HI/c1-6-14(3)21-18(20-13-17(23)22(4)5)19-12-16-11-9-8-10-15(16)7-2;/h8-11,14H,6-7,12-13H2,1-5H3,(H2,19,20,21);1H. The lowest BCUT2D eigenvalue weighted by Gasteiger charge is -2.18. The van der Waals surface area contributed by atoms with Gasteiger partial charge in [-0.3, -0.25) is 4.79 Å². The number of hydrogen-bond donors (Lipinski definition) is 2. The maximum absolute atomic E-state index is 11.8. The fourth-order valence-electron chi connectivity index (χ4n) is 2.03. The van der Waals surface area contributed by atoms with Gasteiger partial charge in [0.05, 0.1) is 13.1 Å². The molecule has 1 unspecified atom stereocenters. The van der Waals surface area contributed by atoms with Crippen molar-refractivity contribution < 1.29 is 4.79 Å². The van der Waals surface area contributed by atoms with E-state index in [0.717, 1.165) is 12.8 Å². The Labute approximate surface area is 163 Å². The van der Waals surface area contributed by atoms with E-state index in [1.807, 2.05) is 6.07 Å². The lowest BCUT2D eigenvalue weighted by molar-refractivity contribution is -0.127. The fraction of sp³-hybridized carbons (Fsp3) is 0.556. The maximum atomic E-state index is 11.8. The number of nitrogens with one attached hydrogen (secondary N) is 2. The van der Waals surface area contributed by atoms with Crippen molar-refractivity contribution in [1.29, 1.82) is 0 Å². The zero-order valence-corrected chi connectivity index (χ0v) is 17.8. The minimum atomic E-state index is 0. The van der Waals surface area contributed by atoms with Gasteiger partial charge in [0.25, 0.3) is 0 Å². The van der Waals surface area contributed by atoms with E-state index in [4.69, 9.17) is 0 Å². The maximum Gasteiger partial charge on any atom is 0.241 e. The van der Waals surface area contributed by atoms with Crippen LogP contribution in [0.25, 0.3) is 0 Å². The highest BCUT2D eigenvalue weighted by atomic mass is 127. The molecule has 0 saturated carbocycles. The van der Waals surface area contributed by atoms with Gasteiger partial charge in [-0.15, -0.1) is 24.0 Å². The van der Waals surface area contributed by atoms with E-state index in [0.29, 0.717) is 18.5 Å². The van der Waals surface area contributed by atoms with Gasteiger partial charge in [0.15, 0.2) is 5.96 Å². The molecule has 0 aliphatic heterocycles. The topological polar surface area (TPSA) is 56.7 Å². The number of amides is 1. The number of aliphatic imine (C=N–C) groups is 1.